The summed E-state index contributed by atoms with van der Waals surface area (Å²) < 4.78 is 4.98. The molecular weight excluding hydrogens is 140 g/mol. The van der Waals surface area contributed by atoms with Crippen molar-refractivity contribution in [2.75, 3.05) is 6.61 Å². The Kier molecular flexibility index (Phi) is 1.78. The molecular formula is C9H14O2. The fourth-order valence-electron chi connectivity index (χ4n) is 1.23. The van der Waals surface area contributed by atoms with Gasteiger partial charge in [0.2, 0.25) is 0 Å². The summed E-state index contributed by atoms with van der Waals surface area (Å²) in [6, 6.07) is 0. The molecule has 0 aliphatic carbocycles. The lowest BCUT2D eigenvalue weighted by Crippen LogP contribution is -2.38. The summed E-state index contributed by atoms with van der Waals surface area (Å²) in [6.07, 6.45) is 0. The first-order chi connectivity index (χ1) is 4.96. The van der Waals surface area contributed by atoms with E-state index in [1.807, 2.05) is 20.8 Å². The fraction of sp³-hybridized carbons (Fsp3) is 0.667. The van der Waals surface area contributed by atoms with Gasteiger partial charge in [0.05, 0.1) is 12.0 Å². The molecule has 2 nitrogen and oxygen atoms in total. The van der Waals surface area contributed by atoms with Crippen molar-refractivity contribution in [1.82, 2.24) is 0 Å². The minimum absolute atomic E-state index is 0.152. The summed E-state index contributed by atoms with van der Waals surface area (Å²) in [5, 5.41) is 0. The van der Waals surface area contributed by atoms with Gasteiger partial charge in [0.25, 0.3) is 0 Å². The van der Waals surface area contributed by atoms with E-state index in [1.165, 1.54) is 0 Å². The van der Waals surface area contributed by atoms with Crippen molar-refractivity contribution in [3.8, 4) is 0 Å². The van der Waals surface area contributed by atoms with Crippen LogP contribution in [0.3, 0.4) is 0 Å². The molecule has 1 saturated heterocycles. The van der Waals surface area contributed by atoms with E-state index in [1.54, 1.807) is 0 Å². The predicted molar refractivity (Wildman–Crippen MR) is 43.0 cm³/mol. The number of hydrogen-bond acceptors (Lipinski definition) is 2. The van der Waals surface area contributed by atoms with Crippen molar-refractivity contribution in [2.24, 2.45) is 11.3 Å². The summed E-state index contributed by atoms with van der Waals surface area (Å²) in [5.74, 6) is 0.142. The van der Waals surface area contributed by atoms with Gasteiger partial charge in [0, 0.05) is 5.92 Å². The van der Waals surface area contributed by atoms with Crippen molar-refractivity contribution in [1.29, 1.82) is 0 Å². The highest BCUT2D eigenvalue weighted by Gasteiger charge is 2.39. The summed E-state index contributed by atoms with van der Waals surface area (Å²) in [5.41, 5.74) is 0.492. The quantitative estimate of drug-likeness (QED) is 0.392. The third-order valence-electron chi connectivity index (χ3n) is 2.37. The molecule has 1 fully saturated rings. The molecule has 1 aliphatic rings. The first-order valence-corrected chi connectivity index (χ1v) is 3.82. The lowest BCUT2D eigenvalue weighted by atomic mass is 9.77. The molecule has 0 aromatic carbocycles. The molecule has 0 saturated carbocycles. The number of carbonyl (C=O) groups excluding carboxylic acids is 1. The summed E-state index contributed by atoms with van der Waals surface area (Å²) in [4.78, 5) is 11.2. The van der Waals surface area contributed by atoms with Crippen LogP contribution in [-0.2, 0) is 9.53 Å². The monoisotopic (exact) mass is 154 g/mol. The molecule has 11 heavy (non-hydrogen) atoms. The van der Waals surface area contributed by atoms with Crippen LogP contribution in [0.4, 0.5) is 0 Å². The smallest absolute Gasteiger partial charge is 0.315 e. The normalized spacial score (nSPS) is 29.9. The van der Waals surface area contributed by atoms with Gasteiger partial charge < -0.3 is 4.74 Å². The molecule has 1 atom stereocenters. The summed E-state index contributed by atoms with van der Waals surface area (Å²) >= 11 is 0. The van der Waals surface area contributed by atoms with Crippen LogP contribution in [0.15, 0.2) is 12.2 Å². The zero-order valence-electron chi connectivity index (χ0n) is 7.31. The van der Waals surface area contributed by atoms with Crippen LogP contribution in [0.25, 0.3) is 0 Å². The standard InChI is InChI=1S/C9H14O2/c1-6-5-11-8(10)9(3,4)7(6)2/h6H,2,5H2,1,3-4H3. The molecule has 1 heterocycles. The molecule has 2 heteroatoms. The van der Waals surface area contributed by atoms with Crippen molar-refractivity contribution < 1.29 is 9.53 Å². The molecule has 0 amide bonds. The molecule has 0 aromatic rings. The van der Waals surface area contributed by atoms with Gasteiger partial charge in [-0.05, 0) is 13.8 Å². The predicted octanol–water partition coefficient (Wildman–Crippen LogP) is 1.76. The Balaban J connectivity index is 2.90. The van der Waals surface area contributed by atoms with Gasteiger partial charge in [-0.2, -0.15) is 0 Å². The number of rotatable bonds is 0. The fourth-order valence-corrected chi connectivity index (χ4v) is 1.23. The van der Waals surface area contributed by atoms with Gasteiger partial charge in [-0.15, -0.1) is 0 Å². The van der Waals surface area contributed by atoms with Crippen LogP contribution < -0.4 is 0 Å². The Morgan fingerprint density at radius 1 is 1.64 bits per heavy atom. The lowest BCUT2D eigenvalue weighted by Gasteiger charge is -2.34. The Labute approximate surface area is 67.2 Å². The van der Waals surface area contributed by atoms with E-state index in [0.29, 0.717) is 12.5 Å². The van der Waals surface area contributed by atoms with Crippen LogP contribution in [0.5, 0.6) is 0 Å². The van der Waals surface area contributed by atoms with Gasteiger partial charge in [0.1, 0.15) is 0 Å². The van der Waals surface area contributed by atoms with E-state index in [9.17, 15) is 4.79 Å². The highest BCUT2D eigenvalue weighted by atomic mass is 16.5. The summed E-state index contributed by atoms with van der Waals surface area (Å²) in [7, 11) is 0. The van der Waals surface area contributed by atoms with Crippen LogP contribution in [-0.4, -0.2) is 12.6 Å². The SMILES string of the molecule is C=C1C(C)COC(=O)C1(C)C. The minimum Gasteiger partial charge on any atom is -0.464 e. The third-order valence-corrected chi connectivity index (χ3v) is 2.37. The summed E-state index contributed by atoms with van der Waals surface area (Å²) in [6.45, 7) is 10.1. The molecule has 0 bridgehead atoms. The van der Waals surface area contributed by atoms with Gasteiger partial charge in [-0.3, -0.25) is 4.79 Å². The van der Waals surface area contributed by atoms with Gasteiger partial charge >= 0.3 is 5.97 Å². The van der Waals surface area contributed by atoms with E-state index in [-0.39, 0.29) is 5.97 Å². The van der Waals surface area contributed by atoms with Crippen LogP contribution in [0.1, 0.15) is 20.8 Å². The highest BCUT2D eigenvalue weighted by Crippen LogP contribution is 2.35. The van der Waals surface area contributed by atoms with Crippen LogP contribution >= 0.6 is 0 Å². The van der Waals surface area contributed by atoms with E-state index in [0.717, 1.165) is 5.57 Å². The minimum atomic E-state index is -0.488. The van der Waals surface area contributed by atoms with E-state index < -0.39 is 5.41 Å². The van der Waals surface area contributed by atoms with E-state index >= 15 is 0 Å². The Morgan fingerprint density at radius 3 is 2.64 bits per heavy atom. The molecule has 0 radical (unpaired) electrons. The van der Waals surface area contributed by atoms with Crippen molar-refractivity contribution in [2.45, 2.75) is 20.8 Å². The van der Waals surface area contributed by atoms with Crippen LogP contribution in [0, 0.1) is 11.3 Å². The maximum atomic E-state index is 11.2. The Morgan fingerprint density at radius 2 is 2.18 bits per heavy atom. The average Bonchev–Trinajstić information content (AvgIpc) is 1.95. The Hall–Kier alpha value is -0.790. The van der Waals surface area contributed by atoms with Crippen LogP contribution in [0.2, 0.25) is 0 Å². The average molecular weight is 154 g/mol. The van der Waals surface area contributed by atoms with E-state index in [4.69, 9.17) is 4.74 Å². The Bertz CT molecular complexity index is 204. The topological polar surface area (TPSA) is 26.3 Å². The van der Waals surface area contributed by atoms with E-state index in [2.05, 4.69) is 6.58 Å². The zero-order valence-corrected chi connectivity index (χ0v) is 7.31. The molecule has 0 N–H and O–H groups in total. The molecule has 1 rings (SSSR count). The largest absolute Gasteiger partial charge is 0.464 e. The molecule has 0 spiro atoms. The van der Waals surface area contributed by atoms with Crippen molar-refractivity contribution in [3.05, 3.63) is 12.2 Å². The molecule has 1 aliphatic heterocycles. The van der Waals surface area contributed by atoms with Gasteiger partial charge in [0.15, 0.2) is 0 Å². The number of cyclic esters (lactones) is 1. The second-order valence-electron chi connectivity index (χ2n) is 3.65. The second kappa shape index (κ2) is 2.36. The zero-order chi connectivity index (χ0) is 8.65. The third kappa shape index (κ3) is 1.17. The van der Waals surface area contributed by atoms with Gasteiger partial charge in [-0.25, -0.2) is 0 Å². The number of ether oxygens (including phenoxy) is 1. The molecule has 1 unspecified atom stereocenters. The number of hydrogen-bond donors (Lipinski definition) is 0. The highest BCUT2D eigenvalue weighted by molar-refractivity contribution is 5.80. The number of esters is 1. The lowest BCUT2D eigenvalue weighted by molar-refractivity contribution is -0.157. The van der Waals surface area contributed by atoms with Gasteiger partial charge in [-0.1, -0.05) is 19.1 Å². The first-order valence-electron chi connectivity index (χ1n) is 3.82. The van der Waals surface area contributed by atoms with Crippen molar-refractivity contribution in [3.63, 3.8) is 0 Å². The number of carbonyl (C=O) groups is 1. The maximum absolute atomic E-state index is 11.2. The first kappa shape index (κ1) is 8.31. The molecule has 0 aromatic heterocycles. The second-order valence-corrected chi connectivity index (χ2v) is 3.65. The van der Waals surface area contributed by atoms with Crippen molar-refractivity contribution >= 4 is 5.97 Å². The molecule has 62 valence electrons. The maximum Gasteiger partial charge on any atom is 0.315 e.